The van der Waals surface area contributed by atoms with Gasteiger partial charge in [0.2, 0.25) is 0 Å². The first kappa shape index (κ1) is 13.8. The molecule has 0 radical (unpaired) electrons. The highest BCUT2D eigenvalue weighted by Crippen LogP contribution is 2.34. The van der Waals surface area contributed by atoms with Crippen molar-refractivity contribution in [3.8, 4) is 0 Å². The van der Waals surface area contributed by atoms with Crippen LogP contribution in [-0.2, 0) is 4.79 Å². The molecule has 1 aromatic carbocycles. The maximum absolute atomic E-state index is 12.2. The SMILES string of the molecule is CC1CCCCN1CN1C(=O)C(=O)c2c(Br)cccc21. The largest absolute Gasteiger partial charge is 0.300 e. The van der Waals surface area contributed by atoms with Gasteiger partial charge in [-0.15, -0.1) is 0 Å². The van der Waals surface area contributed by atoms with Crippen molar-refractivity contribution in [2.24, 2.45) is 0 Å². The molecule has 0 N–H and O–H groups in total. The van der Waals surface area contributed by atoms with E-state index in [1.165, 1.54) is 6.42 Å². The van der Waals surface area contributed by atoms with Gasteiger partial charge in [0.25, 0.3) is 5.78 Å². The van der Waals surface area contributed by atoms with Crippen LogP contribution in [0.5, 0.6) is 0 Å². The summed E-state index contributed by atoms with van der Waals surface area (Å²) in [5.74, 6) is -0.818. The lowest BCUT2D eigenvalue weighted by Gasteiger charge is -2.36. The molecule has 106 valence electrons. The van der Waals surface area contributed by atoms with E-state index in [-0.39, 0.29) is 0 Å². The molecule has 3 rings (SSSR count). The number of piperidine rings is 1. The standard InChI is InChI=1S/C15H17BrN2O2/c1-10-5-2-3-8-17(10)9-18-12-7-4-6-11(16)13(12)14(19)15(18)20/h4,6-7,10H,2-3,5,8-9H2,1H3. The van der Waals surface area contributed by atoms with Gasteiger partial charge in [0, 0.05) is 17.1 Å². The van der Waals surface area contributed by atoms with Gasteiger partial charge in [-0.25, -0.2) is 0 Å². The van der Waals surface area contributed by atoms with E-state index in [1.807, 2.05) is 12.1 Å². The number of Topliss-reactive ketones (excluding diaryl/α,β-unsaturated/α-hetero) is 1. The number of ketones is 1. The van der Waals surface area contributed by atoms with Gasteiger partial charge in [-0.2, -0.15) is 0 Å². The molecule has 1 amide bonds. The van der Waals surface area contributed by atoms with Gasteiger partial charge in [-0.1, -0.05) is 12.5 Å². The molecule has 0 aromatic heterocycles. The number of halogens is 1. The lowest BCUT2D eigenvalue weighted by Crippen LogP contribution is -2.46. The van der Waals surface area contributed by atoms with Gasteiger partial charge >= 0.3 is 5.91 Å². The van der Waals surface area contributed by atoms with Crippen LogP contribution in [0.2, 0.25) is 0 Å². The highest BCUT2D eigenvalue weighted by molar-refractivity contribution is 9.10. The molecular formula is C15H17BrN2O2. The molecule has 1 saturated heterocycles. The van der Waals surface area contributed by atoms with Crippen LogP contribution in [0.3, 0.4) is 0 Å². The third-order valence-corrected chi connectivity index (χ3v) is 4.87. The Morgan fingerprint density at radius 3 is 2.85 bits per heavy atom. The van der Waals surface area contributed by atoms with Gasteiger partial charge < -0.3 is 0 Å². The molecule has 0 bridgehead atoms. The second kappa shape index (κ2) is 5.30. The topological polar surface area (TPSA) is 40.6 Å². The number of carbonyl (C=O) groups excluding carboxylic acids is 2. The molecular weight excluding hydrogens is 320 g/mol. The Labute approximate surface area is 126 Å². The summed E-state index contributed by atoms with van der Waals surface area (Å²) >= 11 is 3.37. The molecule has 1 unspecified atom stereocenters. The van der Waals surface area contributed by atoms with Crippen molar-refractivity contribution in [1.82, 2.24) is 4.90 Å². The first-order valence-corrected chi connectivity index (χ1v) is 7.77. The van der Waals surface area contributed by atoms with Crippen LogP contribution >= 0.6 is 15.9 Å². The monoisotopic (exact) mass is 336 g/mol. The van der Waals surface area contributed by atoms with Crippen molar-refractivity contribution in [2.45, 2.75) is 32.2 Å². The number of fused-ring (bicyclic) bond motifs is 1. The Morgan fingerprint density at radius 2 is 2.10 bits per heavy atom. The second-order valence-electron chi connectivity index (χ2n) is 5.49. The number of carbonyl (C=O) groups is 2. The predicted octanol–water partition coefficient (Wildman–Crippen LogP) is 2.81. The number of likely N-dealkylation sites (tertiary alicyclic amines) is 1. The summed E-state index contributed by atoms with van der Waals surface area (Å²) in [6.07, 6.45) is 3.56. The predicted molar refractivity (Wildman–Crippen MR) is 80.8 cm³/mol. The van der Waals surface area contributed by atoms with Crippen molar-refractivity contribution >= 4 is 33.3 Å². The van der Waals surface area contributed by atoms with E-state index in [0.29, 0.717) is 22.7 Å². The summed E-state index contributed by atoms with van der Waals surface area (Å²) in [5, 5.41) is 0. The molecule has 0 aliphatic carbocycles. The Balaban J connectivity index is 1.89. The average Bonchev–Trinajstić information content (AvgIpc) is 2.67. The molecule has 5 heteroatoms. The third-order valence-electron chi connectivity index (χ3n) is 4.21. The molecule has 4 nitrogen and oxygen atoms in total. The van der Waals surface area contributed by atoms with Crippen LogP contribution in [0.4, 0.5) is 5.69 Å². The maximum Gasteiger partial charge on any atom is 0.300 e. The Hall–Kier alpha value is -1.20. The summed E-state index contributed by atoms with van der Waals surface area (Å²) in [4.78, 5) is 28.2. The average molecular weight is 337 g/mol. The van der Waals surface area contributed by atoms with E-state index in [4.69, 9.17) is 0 Å². The molecule has 2 heterocycles. The number of hydrogen-bond donors (Lipinski definition) is 0. The maximum atomic E-state index is 12.2. The van der Waals surface area contributed by atoms with Gasteiger partial charge in [0.15, 0.2) is 0 Å². The Kier molecular flexibility index (Phi) is 3.65. The molecule has 1 aromatic rings. The van der Waals surface area contributed by atoms with E-state index in [0.717, 1.165) is 25.1 Å². The van der Waals surface area contributed by atoms with Crippen LogP contribution in [0.15, 0.2) is 22.7 Å². The van der Waals surface area contributed by atoms with Gasteiger partial charge in [0.1, 0.15) is 0 Å². The molecule has 1 fully saturated rings. The zero-order chi connectivity index (χ0) is 14.3. The van der Waals surface area contributed by atoms with Gasteiger partial charge in [0.05, 0.1) is 17.9 Å². The quantitative estimate of drug-likeness (QED) is 0.779. The molecule has 2 aliphatic rings. The minimum Gasteiger partial charge on any atom is -0.291 e. The fraction of sp³-hybridized carbons (Fsp3) is 0.467. The fourth-order valence-electron chi connectivity index (χ4n) is 2.99. The second-order valence-corrected chi connectivity index (χ2v) is 6.35. The molecule has 2 aliphatic heterocycles. The summed E-state index contributed by atoms with van der Waals surface area (Å²) in [5.41, 5.74) is 1.23. The number of rotatable bonds is 2. The number of benzene rings is 1. The Bertz CT molecular complexity index is 573. The van der Waals surface area contributed by atoms with Gasteiger partial charge in [-0.3, -0.25) is 19.4 Å². The van der Waals surface area contributed by atoms with Crippen LogP contribution in [0, 0.1) is 0 Å². The first-order chi connectivity index (χ1) is 9.59. The third kappa shape index (κ3) is 2.19. The number of anilines is 1. The minimum atomic E-state index is -0.412. The highest BCUT2D eigenvalue weighted by atomic mass is 79.9. The molecule has 1 atom stereocenters. The van der Waals surface area contributed by atoms with E-state index >= 15 is 0 Å². The zero-order valence-electron chi connectivity index (χ0n) is 11.4. The lowest BCUT2D eigenvalue weighted by atomic mass is 10.0. The lowest BCUT2D eigenvalue weighted by molar-refractivity contribution is -0.114. The van der Waals surface area contributed by atoms with Crippen molar-refractivity contribution in [3.63, 3.8) is 0 Å². The summed E-state index contributed by atoms with van der Waals surface area (Å²) in [6, 6.07) is 5.97. The summed E-state index contributed by atoms with van der Waals surface area (Å²) < 4.78 is 0.697. The van der Waals surface area contributed by atoms with E-state index < -0.39 is 11.7 Å². The van der Waals surface area contributed by atoms with Crippen LogP contribution in [-0.4, -0.2) is 35.8 Å². The van der Waals surface area contributed by atoms with Crippen LogP contribution < -0.4 is 4.90 Å². The van der Waals surface area contributed by atoms with Crippen molar-refractivity contribution in [3.05, 3.63) is 28.2 Å². The Morgan fingerprint density at radius 1 is 1.30 bits per heavy atom. The van der Waals surface area contributed by atoms with E-state index in [1.54, 1.807) is 11.0 Å². The molecule has 0 saturated carbocycles. The van der Waals surface area contributed by atoms with E-state index in [9.17, 15) is 9.59 Å². The van der Waals surface area contributed by atoms with Crippen molar-refractivity contribution < 1.29 is 9.59 Å². The highest BCUT2D eigenvalue weighted by Gasteiger charge is 2.38. The smallest absolute Gasteiger partial charge is 0.291 e. The number of amides is 1. The molecule has 0 spiro atoms. The fourth-order valence-corrected chi connectivity index (χ4v) is 3.53. The summed E-state index contributed by atoms with van der Waals surface area (Å²) in [7, 11) is 0. The zero-order valence-corrected chi connectivity index (χ0v) is 13.0. The number of nitrogens with zero attached hydrogens (tertiary/aromatic N) is 2. The molecule has 20 heavy (non-hydrogen) atoms. The number of hydrogen-bond acceptors (Lipinski definition) is 3. The van der Waals surface area contributed by atoms with Crippen LogP contribution in [0.25, 0.3) is 0 Å². The normalized spacial score (nSPS) is 23.3. The van der Waals surface area contributed by atoms with E-state index in [2.05, 4.69) is 27.8 Å². The van der Waals surface area contributed by atoms with Crippen molar-refractivity contribution in [2.75, 3.05) is 18.1 Å². The first-order valence-electron chi connectivity index (χ1n) is 6.98. The minimum absolute atomic E-state index is 0.405. The van der Waals surface area contributed by atoms with Crippen molar-refractivity contribution in [1.29, 1.82) is 0 Å². The van der Waals surface area contributed by atoms with Gasteiger partial charge in [-0.05, 0) is 47.8 Å². The summed E-state index contributed by atoms with van der Waals surface area (Å²) in [6.45, 7) is 3.68. The van der Waals surface area contributed by atoms with Crippen LogP contribution in [0.1, 0.15) is 36.5 Å².